The second kappa shape index (κ2) is 8.16. The average Bonchev–Trinajstić information content (AvgIpc) is 2.56. The van der Waals surface area contributed by atoms with Crippen LogP contribution in [-0.4, -0.2) is 36.6 Å². The van der Waals surface area contributed by atoms with Crippen molar-refractivity contribution in [3.63, 3.8) is 0 Å². The zero-order chi connectivity index (χ0) is 18.6. The molecular formula is C19H20FNO3S. The van der Waals surface area contributed by atoms with E-state index in [0.29, 0.717) is 11.3 Å². The smallest absolute Gasteiger partial charge is 0.410 e. The van der Waals surface area contributed by atoms with Gasteiger partial charge in [-0.25, -0.2) is 9.18 Å². The minimum Gasteiger partial charge on any atom is -0.410 e. The SMILES string of the molecule is Cc1cc(C(=O)CSc2ccc(F)cc2)cc(C)c1OC(=O)N(C)C. The molecule has 0 aromatic heterocycles. The van der Waals surface area contributed by atoms with E-state index in [4.69, 9.17) is 4.74 Å². The van der Waals surface area contributed by atoms with E-state index in [1.54, 1.807) is 52.2 Å². The standard InChI is InChI=1S/C19H20FNO3S/c1-12-9-14(10-13(2)18(12)24-19(23)21(3)4)17(22)11-25-16-7-5-15(20)6-8-16/h5-10H,11H2,1-4H3. The van der Waals surface area contributed by atoms with Gasteiger partial charge in [-0.3, -0.25) is 4.79 Å². The van der Waals surface area contributed by atoms with E-state index in [9.17, 15) is 14.0 Å². The summed E-state index contributed by atoms with van der Waals surface area (Å²) in [5.74, 6) is 0.388. The lowest BCUT2D eigenvalue weighted by Gasteiger charge is -2.15. The van der Waals surface area contributed by atoms with E-state index < -0.39 is 6.09 Å². The third-order valence-corrected chi connectivity index (χ3v) is 4.53. The van der Waals surface area contributed by atoms with Crippen molar-refractivity contribution in [2.45, 2.75) is 18.7 Å². The van der Waals surface area contributed by atoms with Gasteiger partial charge < -0.3 is 9.64 Å². The van der Waals surface area contributed by atoms with Crippen LogP contribution in [-0.2, 0) is 0 Å². The van der Waals surface area contributed by atoms with Crippen molar-refractivity contribution in [2.75, 3.05) is 19.8 Å². The minimum atomic E-state index is -0.461. The van der Waals surface area contributed by atoms with Crippen molar-refractivity contribution in [3.05, 3.63) is 58.9 Å². The van der Waals surface area contributed by atoms with Crippen LogP contribution >= 0.6 is 11.8 Å². The first-order valence-electron chi connectivity index (χ1n) is 7.70. The average molecular weight is 361 g/mol. The van der Waals surface area contributed by atoms with E-state index in [2.05, 4.69) is 0 Å². The van der Waals surface area contributed by atoms with Crippen molar-refractivity contribution in [1.82, 2.24) is 4.90 Å². The van der Waals surface area contributed by atoms with E-state index >= 15 is 0 Å². The summed E-state index contributed by atoms with van der Waals surface area (Å²) in [7, 11) is 3.22. The number of hydrogen-bond donors (Lipinski definition) is 0. The number of ketones is 1. The van der Waals surface area contributed by atoms with Crippen LogP contribution in [0, 0.1) is 19.7 Å². The largest absolute Gasteiger partial charge is 0.414 e. The maximum atomic E-state index is 12.9. The fraction of sp³-hybridized carbons (Fsp3) is 0.263. The van der Waals surface area contributed by atoms with Gasteiger partial charge >= 0.3 is 6.09 Å². The van der Waals surface area contributed by atoms with E-state index in [-0.39, 0.29) is 17.4 Å². The molecular weight excluding hydrogens is 341 g/mol. The molecule has 0 bridgehead atoms. The lowest BCUT2D eigenvalue weighted by Crippen LogP contribution is -2.26. The quantitative estimate of drug-likeness (QED) is 0.582. The summed E-state index contributed by atoms with van der Waals surface area (Å²) in [4.78, 5) is 26.3. The maximum absolute atomic E-state index is 12.9. The number of halogens is 1. The lowest BCUT2D eigenvalue weighted by atomic mass is 10.0. The summed E-state index contributed by atoms with van der Waals surface area (Å²) in [6.07, 6.45) is -0.461. The molecule has 0 aliphatic rings. The molecule has 1 amide bonds. The Bertz CT molecular complexity index is 765. The lowest BCUT2D eigenvalue weighted by molar-refractivity contribution is 0.102. The van der Waals surface area contributed by atoms with Gasteiger partial charge in [-0.15, -0.1) is 11.8 Å². The number of nitrogens with zero attached hydrogens (tertiary/aromatic N) is 1. The summed E-state index contributed by atoms with van der Waals surface area (Å²) in [5.41, 5.74) is 2.02. The van der Waals surface area contributed by atoms with Gasteiger partial charge in [0.15, 0.2) is 5.78 Å². The molecule has 0 unspecified atom stereocenters. The van der Waals surface area contributed by atoms with Crippen molar-refractivity contribution in [3.8, 4) is 5.75 Å². The number of carbonyl (C=O) groups excluding carboxylic acids is 2. The molecule has 2 aromatic carbocycles. The second-order valence-corrected chi connectivity index (χ2v) is 6.92. The van der Waals surface area contributed by atoms with Crippen LogP contribution in [0.25, 0.3) is 0 Å². The van der Waals surface area contributed by atoms with Gasteiger partial charge in [0.05, 0.1) is 5.75 Å². The Morgan fingerprint density at radius 2 is 1.64 bits per heavy atom. The van der Waals surface area contributed by atoms with Crippen LogP contribution < -0.4 is 4.74 Å². The second-order valence-electron chi connectivity index (χ2n) is 5.87. The number of ether oxygens (including phenoxy) is 1. The summed E-state index contributed by atoms with van der Waals surface area (Å²) < 4.78 is 18.2. The molecule has 2 aromatic rings. The maximum Gasteiger partial charge on any atom is 0.414 e. The topological polar surface area (TPSA) is 46.6 Å². The Balaban J connectivity index is 2.10. The minimum absolute atomic E-state index is 0.0361. The molecule has 0 atom stereocenters. The number of hydrogen-bond acceptors (Lipinski definition) is 4. The third kappa shape index (κ3) is 5.06. The van der Waals surface area contributed by atoms with Crippen molar-refractivity contribution < 1.29 is 18.7 Å². The Kier molecular flexibility index (Phi) is 6.20. The van der Waals surface area contributed by atoms with Crippen LogP contribution in [0.5, 0.6) is 5.75 Å². The van der Waals surface area contributed by atoms with E-state index in [1.165, 1.54) is 28.8 Å². The molecule has 0 N–H and O–H groups in total. The Morgan fingerprint density at radius 3 is 2.16 bits per heavy atom. The molecule has 0 radical (unpaired) electrons. The number of carbonyl (C=O) groups is 2. The van der Waals surface area contributed by atoms with Crippen molar-refractivity contribution >= 4 is 23.6 Å². The molecule has 0 aliphatic carbocycles. The fourth-order valence-corrected chi connectivity index (χ4v) is 3.01. The van der Waals surface area contributed by atoms with Gasteiger partial charge in [-0.05, 0) is 61.4 Å². The first kappa shape index (κ1) is 19.0. The Morgan fingerprint density at radius 1 is 1.08 bits per heavy atom. The third-order valence-electron chi connectivity index (χ3n) is 3.52. The Labute approximate surface area is 151 Å². The monoisotopic (exact) mass is 361 g/mol. The van der Waals surface area contributed by atoms with Gasteiger partial charge in [0.2, 0.25) is 0 Å². The normalized spacial score (nSPS) is 10.4. The highest BCUT2D eigenvalue weighted by molar-refractivity contribution is 8.00. The van der Waals surface area contributed by atoms with E-state index in [0.717, 1.165) is 16.0 Å². The zero-order valence-corrected chi connectivity index (χ0v) is 15.4. The molecule has 6 heteroatoms. The fourth-order valence-electron chi connectivity index (χ4n) is 2.21. The highest BCUT2D eigenvalue weighted by Crippen LogP contribution is 2.27. The van der Waals surface area contributed by atoms with Crippen LogP contribution in [0.4, 0.5) is 9.18 Å². The van der Waals surface area contributed by atoms with Crippen molar-refractivity contribution in [1.29, 1.82) is 0 Å². The molecule has 0 aliphatic heterocycles. The molecule has 0 fully saturated rings. The molecule has 0 heterocycles. The first-order valence-corrected chi connectivity index (χ1v) is 8.68. The van der Waals surface area contributed by atoms with Crippen LogP contribution in [0.1, 0.15) is 21.5 Å². The number of aryl methyl sites for hydroxylation is 2. The molecule has 25 heavy (non-hydrogen) atoms. The highest BCUT2D eigenvalue weighted by Gasteiger charge is 2.15. The molecule has 132 valence electrons. The highest BCUT2D eigenvalue weighted by atomic mass is 32.2. The first-order chi connectivity index (χ1) is 11.8. The number of Topliss-reactive ketones (excluding diaryl/α,β-unsaturated/α-hetero) is 1. The zero-order valence-electron chi connectivity index (χ0n) is 14.6. The van der Waals surface area contributed by atoms with Gasteiger partial charge in [-0.2, -0.15) is 0 Å². The van der Waals surface area contributed by atoms with Gasteiger partial charge in [-0.1, -0.05) is 0 Å². The summed E-state index contributed by atoms with van der Waals surface area (Å²) in [5, 5.41) is 0. The number of thioether (sulfide) groups is 1. The van der Waals surface area contributed by atoms with Crippen LogP contribution in [0.15, 0.2) is 41.3 Å². The Hall–Kier alpha value is -2.34. The number of benzene rings is 2. The van der Waals surface area contributed by atoms with Gasteiger partial charge in [0, 0.05) is 24.6 Å². The van der Waals surface area contributed by atoms with Crippen LogP contribution in [0.3, 0.4) is 0 Å². The number of rotatable bonds is 5. The molecule has 0 saturated carbocycles. The summed E-state index contributed by atoms with van der Waals surface area (Å²) >= 11 is 1.35. The van der Waals surface area contributed by atoms with Gasteiger partial charge in [0.1, 0.15) is 11.6 Å². The molecule has 0 saturated heterocycles. The molecule has 2 rings (SSSR count). The van der Waals surface area contributed by atoms with Gasteiger partial charge in [0.25, 0.3) is 0 Å². The van der Waals surface area contributed by atoms with Crippen molar-refractivity contribution in [2.24, 2.45) is 0 Å². The predicted octanol–water partition coefficient (Wildman–Crippen LogP) is 4.48. The summed E-state index contributed by atoms with van der Waals surface area (Å²) in [6.45, 7) is 3.60. The number of amides is 1. The van der Waals surface area contributed by atoms with Crippen LogP contribution in [0.2, 0.25) is 0 Å². The molecule has 0 spiro atoms. The summed E-state index contributed by atoms with van der Waals surface area (Å²) in [6, 6.07) is 9.48. The van der Waals surface area contributed by atoms with E-state index in [1.807, 2.05) is 0 Å². The predicted molar refractivity (Wildman–Crippen MR) is 97.1 cm³/mol. The molecule has 4 nitrogen and oxygen atoms in total.